The second-order valence-corrected chi connectivity index (χ2v) is 14.2. The summed E-state index contributed by atoms with van der Waals surface area (Å²) >= 11 is 0. The van der Waals surface area contributed by atoms with Gasteiger partial charge in [-0.1, -0.05) is 68.4 Å². The molecule has 2 aliphatic heterocycles. The van der Waals surface area contributed by atoms with Crippen LogP contribution in [0.4, 0.5) is 0 Å². The summed E-state index contributed by atoms with van der Waals surface area (Å²) < 4.78 is 6.40. The van der Waals surface area contributed by atoms with Crippen molar-refractivity contribution in [3.63, 3.8) is 0 Å². The molecule has 0 saturated carbocycles. The minimum atomic E-state index is -0.780. The van der Waals surface area contributed by atoms with Crippen molar-refractivity contribution in [1.29, 1.82) is 0 Å². The van der Waals surface area contributed by atoms with Gasteiger partial charge in [0.15, 0.2) is 0 Å². The molecule has 0 radical (unpaired) electrons. The lowest BCUT2D eigenvalue weighted by molar-refractivity contribution is -0.110. The molecule has 0 aliphatic carbocycles. The van der Waals surface area contributed by atoms with Gasteiger partial charge in [0.1, 0.15) is 0 Å². The minimum Gasteiger partial charge on any atom is -0.370 e. The van der Waals surface area contributed by atoms with Gasteiger partial charge < -0.3 is 4.74 Å². The molecular weight excluding hydrogens is 600 g/mol. The van der Waals surface area contributed by atoms with Crippen LogP contribution in [-0.4, -0.2) is 51.2 Å². The van der Waals surface area contributed by atoms with Gasteiger partial charge >= 0.3 is 0 Å². The SMILES string of the molecule is CC(C)C(C)OC(C)(C)C(C)N1C(=O)c2ccc3c4ccc5c6c(ccc(c7ccc(c2c37)C1=O)c64)C(=O)N(Cc1ccccc1)C5=O. The van der Waals surface area contributed by atoms with E-state index in [0.717, 1.165) is 37.9 Å². The number of imide groups is 2. The molecule has 6 aromatic rings. The molecular formula is C41H36N2O5. The zero-order valence-electron chi connectivity index (χ0n) is 27.9. The van der Waals surface area contributed by atoms with Gasteiger partial charge in [-0.05, 0) is 95.8 Å². The third kappa shape index (κ3) is 4.10. The van der Waals surface area contributed by atoms with Crippen LogP contribution in [-0.2, 0) is 11.3 Å². The lowest BCUT2D eigenvalue weighted by Gasteiger charge is -2.42. The van der Waals surface area contributed by atoms with Gasteiger partial charge in [-0.15, -0.1) is 0 Å². The van der Waals surface area contributed by atoms with Crippen molar-refractivity contribution in [2.24, 2.45) is 5.92 Å². The topological polar surface area (TPSA) is 84.0 Å². The Morgan fingerprint density at radius 2 is 0.979 bits per heavy atom. The fourth-order valence-corrected chi connectivity index (χ4v) is 7.62. The number of carbonyl (C=O) groups excluding carboxylic acids is 4. The van der Waals surface area contributed by atoms with Crippen LogP contribution in [0.15, 0.2) is 78.9 Å². The molecule has 8 rings (SSSR count). The Balaban J connectivity index is 1.29. The Bertz CT molecular complexity index is 2250. The third-order valence-electron chi connectivity index (χ3n) is 10.8. The molecule has 7 nitrogen and oxygen atoms in total. The second-order valence-electron chi connectivity index (χ2n) is 14.2. The van der Waals surface area contributed by atoms with Crippen molar-refractivity contribution >= 4 is 66.7 Å². The van der Waals surface area contributed by atoms with E-state index in [1.54, 1.807) is 12.1 Å². The molecule has 2 atom stereocenters. The second kappa shape index (κ2) is 10.4. The quantitative estimate of drug-likeness (QED) is 0.0999. The molecule has 0 N–H and O–H groups in total. The van der Waals surface area contributed by atoms with Crippen molar-refractivity contribution in [3.05, 3.63) is 107 Å². The summed E-state index contributed by atoms with van der Waals surface area (Å²) in [7, 11) is 0. The Morgan fingerprint density at radius 1 is 0.562 bits per heavy atom. The summed E-state index contributed by atoms with van der Waals surface area (Å²) in [5, 5.41) is 6.42. The third-order valence-corrected chi connectivity index (χ3v) is 10.8. The summed E-state index contributed by atoms with van der Waals surface area (Å²) in [6.07, 6.45) is -0.0576. The van der Waals surface area contributed by atoms with Gasteiger partial charge in [-0.2, -0.15) is 0 Å². The van der Waals surface area contributed by atoms with E-state index in [1.807, 2.05) is 94.4 Å². The normalized spacial score (nSPS) is 16.4. The molecule has 2 unspecified atom stereocenters. The monoisotopic (exact) mass is 636 g/mol. The van der Waals surface area contributed by atoms with Crippen molar-refractivity contribution in [2.75, 3.05) is 0 Å². The van der Waals surface area contributed by atoms with E-state index in [0.29, 0.717) is 33.0 Å². The van der Waals surface area contributed by atoms with Crippen LogP contribution in [0.5, 0.6) is 0 Å². The van der Waals surface area contributed by atoms with Gasteiger partial charge in [-0.25, -0.2) is 0 Å². The summed E-state index contributed by atoms with van der Waals surface area (Å²) in [5.74, 6) is -1.06. The van der Waals surface area contributed by atoms with E-state index >= 15 is 0 Å². The van der Waals surface area contributed by atoms with Crippen LogP contribution in [0.25, 0.3) is 43.1 Å². The van der Waals surface area contributed by atoms with E-state index in [-0.39, 0.29) is 42.2 Å². The molecule has 48 heavy (non-hydrogen) atoms. The largest absolute Gasteiger partial charge is 0.370 e. The molecule has 6 aromatic carbocycles. The first-order valence-corrected chi connectivity index (χ1v) is 16.6. The van der Waals surface area contributed by atoms with E-state index in [4.69, 9.17) is 4.74 Å². The molecule has 0 spiro atoms. The van der Waals surface area contributed by atoms with Gasteiger partial charge in [0, 0.05) is 33.0 Å². The maximum absolute atomic E-state index is 14.2. The Morgan fingerprint density at radius 3 is 1.40 bits per heavy atom. The summed E-state index contributed by atoms with van der Waals surface area (Å²) in [5.41, 5.74) is 2.02. The number of ether oxygens (including phenoxy) is 1. The number of rotatable bonds is 7. The van der Waals surface area contributed by atoms with Crippen molar-refractivity contribution < 1.29 is 23.9 Å². The van der Waals surface area contributed by atoms with Crippen LogP contribution < -0.4 is 0 Å². The van der Waals surface area contributed by atoms with Crippen molar-refractivity contribution in [3.8, 4) is 0 Å². The lowest BCUT2D eigenvalue weighted by Crippen LogP contribution is -2.56. The first-order chi connectivity index (χ1) is 22.9. The zero-order valence-corrected chi connectivity index (χ0v) is 27.9. The molecule has 240 valence electrons. The molecule has 2 aliphatic rings. The number of hydrogen-bond donors (Lipinski definition) is 0. The van der Waals surface area contributed by atoms with Gasteiger partial charge in [0.25, 0.3) is 23.6 Å². The highest BCUT2D eigenvalue weighted by atomic mass is 16.5. The number of nitrogens with zero attached hydrogens (tertiary/aromatic N) is 2. The lowest BCUT2D eigenvalue weighted by atomic mass is 9.81. The highest BCUT2D eigenvalue weighted by molar-refractivity contribution is 6.41. The number of amides is 4. The molecule has 7 heteroatoms. The fraction of sp³-hybridized carbons (Fsp3) is 0.268. The molecule has 0 bridgehead atoms. The molecule has 2 heterocycles. The molecule has 0 fully saturated rings. The van der Waals surface area contributed by atoms with E-state index in [2.05, 4.69) is 13.8 Å². The van der Waals surface area contributed by atoms with Crippen LogP contribution in [0.2, 0.25) is 0 Å². The smallest absolute Gasteiger partial charge is 0.261 e. The predicted molar refractivity (Wildman–Crippen MR) is 188 cm³/mol. The molecule has 0 saturated heterocycles. The Hall–Kier alpha value is -5.14. The number of hydrogen-bond acceptors (Lipinski definition) is 5. The van der Waals surface area contributed by atoms with E-state index in [9.17, 15) is 19.2 Å². The van der Waals surface area contributed by atoms with E-state index < -0.39 is 11.6 Å². The highest BCUT2D eigenvalue weighted by Crippen LogP contribution is 2.46. The summed E-state index contributed by atoms with van der Waals surface area (Å²) in [4.78, 5) is 58.8. The first kappa shape index (κ1) is 30.2. The average Bonchev–Trinajstić information content (AvgIpc) is 3.07. The highest BCUT2D eigenvalue weighted by Gasteiger charge is 2.43. The first-order valence-electron chi connectivity index (χ1n) is 16.6. The number of fused-ring (bicyclic) bond motifs is 2. The predicted octanol–water partition coefficient (Wildman–Crippen LogP) is 8.36. The molecule has 4 amide bonds. The number of carbonyl (C=O) groups is 4. The average molecular weight is 637 g/mol. The van der Waals surface area contributed by atoms with Crippen LogP contribution in [0.3, 0.4) is 0 Å². The van der Waals surface area contributed by atoms with Crippen LogP contribution in [0, 0.1) is 5.92 Å². The summed E-state index contributed by atoms with van der Waals surface area (Å²) in [6.45, 7) is 12.1. The van der Waals surface area contributed by atoms with Crippen molar-refractivity contribution in [1.82, 2.24) is 9.80 Å². The Labute approximate surface area is 278 Å². The number of benzene rings is 6. The molecule has 0 aromatic heterocycles. The van der Waals surface area contributed by atoms with E-state index in [1.165, 1.54) is 9.80 Å². The standard InChI is InChI=1S/C41H36N2O5/c1-21(2)22(3)48-41(5,6)23(4)43-39(46)31-18-14-27-25-12-16-29-35-30(38(45)42(37(29)44)20-24-10-8-7-9-11-24)17-13-26(33(25)35)28-15-19-32(40(43)47)36(31)34(27)28/h7-19,21-23H,20H2,1-6H3. The van der Waals surface area contributed by atoms with Gasteiger partial charge in [0.2, 0.25) is 0 Å². The maximum atomic E-state index is 14.2. The van der Waals surface area contributed by atoms with Gasteiger partial charge in [0.05, 0.1) is 24.3 Å². The van der Waals surface area contributed by atoms with Crippen LogP contribution in [0.1, 0.15) is 88.5 Å². The fourth-order valence-electron chi connectivity index (χ4n) is 7.62. The van der Waals surface area contributed by atoms with Gasteiger partial charge in [-0.3, -0.25) is 29.0 Å². The zero-order chi connectivity index (χ0) is 33.8. The summed E-state index contributed by atoms with van der Waals surface area (Å²) in [6, 6.07) is 23.9. The Kier molecular flexibility index (Phi) is 6.56. The maximum Gasteiger partial charge on any atom is 0.261 e. The van der Waals surface area contributed by atoms with Crippen LogP contribution >= 0.6 is 0 Å². The van der Waals surface area contributed by atoms with Crippen molar-refractivity contribution in [2.45, 2.75) is 65.8 Å². The minimum absolute atomic E-state index is 0.0576.